The Hall–Kier alpha value is -0.120. The van der Waals surface area contributed by atoms with Crippen LogP contribution in [0.2, 0.25) is 0 Å². The van der Waals surface area contributed by atoms with E-state index in [1.807, 2.05) is 0 Å². The summed E-state index contributed by atoms with van der Waals surface area (Å²) in [4.78, 5) is 2.60. The van der Waals surface area contributed by atoms with Crippen LogP contribution in [0, 0.1) is 5.92 Å². The number of nitrogens with zero attached hydrogens (tertiary/aromatic N) is 1. The van der Waals surface area contributed by atoms with Gasteiger partial charge in [-0.2, -0.15) is 0 Å². The Labute approximate surface area is 94.4 Å². The highest BCUT2D eigenvalue weighted by Crippen LogP contribution is 2.15. The van der Waals surface area contributed by atoms with Crippen LogP contribution in [0.25, 0.3) is 0 Å². The van der Waals surface area contributed by atoms with Crippen LogP contribution in [0.1, 0.15) is 32.6 Å². The van der Waals surface area contributed by atoms with Gasteiger partial charge in [0, 0.05) is 0 Å². The summed E-state index contributed by atoms with van der Waals surface area (Å²) >= 11 is 0. The zero-order chi connectivity index (χ0) is 10.9. The van der Waals surface area contributed by atoms with Gasteiger partial charge in [0.1, 0.15) is 0 Å². The van der Waals surface area contributed by atoms with E-state index in [2.05, 4.69) is 17.1 Å². The molecule has 1 heterocycles. The van der Waals surface area contributed by atoms with E-state index in [9.17, 15) is 0 Å². The van der Waals surface area contributed by atoms with Crippen LogP contribution in [0.4, 0.5) is 0 Å². The summed E-state index contributed by atoms with van der Waals surface area (Å²) < 4.78 is 0. The van der Waals surface area contributed by atoms with Gasteiger partial charge in [-0.1, -0.05) is 6.92 Å². The second kappa shape index (κ2) is 8.08. The van der Waals surface area contributed by atoms with E-state index in [0.29, 0.717) is 0 Å². The topological polar surface area (TPSA) is 41.3 Å². The van der Waals surface area contributed by atoms with Crippen LogP contribution in [0.3, 0.4) is 0 Å². The van der Waals surface area contributed by atoms with Gasteiger partial charge in [0.25, 0.3) is 0 Å². The van der Waals surface area contributed by atoms with Crippen LogP contribution in [-0.4, -0.2) is 44.2 Å². The molecule has 0 aliphatic carbocycles. The molecule has 1 rings (SSSR count). The summed E-state index contributed by atoms with van der Waals surface area (Å²) in [6.45, 7) is 9.28. The number of nitrogens with one attached hydrogen (secondary N) is 1. The molecule has 1 saturated heterocycles. The van der Waals surface area contributed by atoms with Gasteiger partial charge in [-0.3, -0.25) is 0 Å². The second-order valence-electron chi connectivity index (χ2n) is 4.77. The standard InChI is InChI=1S/C12H27N3/c1-12-4-10-15(11-5-12)9-3-8-14-7-2-6-13/h12,14H,2-11,13H2,1H3. The van der Waals surface area contributed by atoms with Gasteiger partial charge in [-0.25, -0.2) is 0 Å². The summed E-state index contributed by atoms with van der Waals surface area (Å²) in [5, 5.41) is 3.43. The van der Waals surface area contributed by atoms with E-state index in [1.54, 1.807) is 0 Å². The quantitative estimate of drug-likeness (QED) is 0.621. The van der Waals surface area contributed by atoms with Gasteiger partial charge < -0.3 is 16.0 Å². The number of rotatable bonds is 7. The highest BCUT2D eigenvalue weighted by Gasteiger charge is 2.14. The minimum Gasteiger partial charge on any atom is -0.330 e. The summed E-state index contributed by atoms with van der Waals surface area (Å²) in [6, 6.07) is 0. The molecule has 3 heteroatoms. The van der Waals surface area contributed by atoms with Crippen molar-refractivity contribution in [2.24, 2.45) is 11.7 Å². The molecule has 0 saturated carbocycles. The molecule has 0 aromatic heterocycles. The van der Waals surface area contributed by atoms with E-state index in [0.717, 1.165) is 32.0 Å². The molecular formula is C12H27N3. The lowest BCUT2D eigenvalue weighted by Gasteiger charge is -2.30. The number of likely N-dealkylation sites (tertiary alicyclic amines) is 1. The SMILES string of the molecule is CC1CCN(CCCNCCCN)CC1. The Morgan fingerprint density at radius 1 is 1.20 bits per heavy atom. The van der Waals surface area contributed by atoms with Crippen molar-refractivity contribution in [2.75, 3.05) is 39.3 Å². The Kier molecular flexibility index (Phi) is 6.98. The number of hydrogen-bond acceptors (Lipinski definition) is 3. The van der Waals surface area contributed by atoms with Crippen LogP contribution in [-0.2, 0) is 0 Å². The van der Waals surface area contributed by atoms with Gasteiger partial charge in [0.15, 0.2) is 0 Å². The Balaban J connectivity index is 1.87. The minimum absolute atomic E-state index is 0.803. The Bertz CT molecular complexity index is 142. The third-order valence-corrected chi connectivity index (χ3v) is 3.26. The van der Waals surface area contributed by atoms with Crippen LogP contribution in [0.15, 0.2) is 0 Å². The van der Waals surface area contributed by atoms with E-state index < -0.39 is 0 Å². The lowest BCUT2D eigenvalue weighted by molar-refractivity contribution is 0.190. The maximum absolute atomic E-state index is 5.42. The first-order chi connectivity index (χ1) is 7.33. The summed E-state index contributed by atoms with van der Waals surface area (Å²) in [5.41, 5.74) is 5.42. The van der Waals surface area contributed by atoms with Crippen LogP contribution < -0.4 is 11.1 Å². The number of hydrogen-bond donors (Lipinski definition) is 2. The zero-order valence-corrected chi connectivity index (χ0v) is 10.2. The first-order valence-corrected chi connectivity index (χ1v) is 6.46. The molecule has 0 radical (unpaired) electrons. The molecule has 0 amide bonds. The number of nitrogens with two attached hydrogens (primary N) is 1. The molecule has 0 spiro atoms. The molecule has 0 unspecified atom stereocenters. The summed E-state index contributed by atoms with van der Waals surface area (Å²) in [5.74, 6) is 0.948. The minimum atomic E-state index is 0.803. The van der Waals surface area contributed by atoms with Crippen molar-refractivity contribution in [3.63, 3.8) is 0 Å². The molecule has 1 fully saturated rings. The van der Waals surface area contributed by atoms with Crippen molar-refractivity contribution >= 4 is 0 Å². The average Bonchev–Trinajstić information content (AvgIpc) is 2.26. The fourth-order valence-electron chi connectivity index (χ4n) is 2.07. The van der Waals surface area contributed by atoms with Gasteiger partial charge in [-0.05, 0) is 70.9 Å². The zero-order valence-electron chi connectivity index (χ0n) is 10.2. The fourth-order valence-corrected chi connectivity index (χ4v) is 2.07. The second-order valence-corrected chi connectivity index (χ2v) is 4.77. The molecule has 0 atom stereocenters. The molecule has 3 N–H and O–H groups in total. The molecule has 0 bridgehead atoms. The van der Waals surface area contributed by atoms with Crippen molar-refractivity contribution in [2.45, 2.75) is 32.6 Å². The molecule has 1 aliphatic heterocycles. The highest BCUT2D eigenvalue weighted by atomic mass is 15.1. The van der Waals surface area contributed by atoms with Crippen molar-refractivity contribution in [1.82, 2.24) is 10.2 Å². The summed E-state index contributed by atoms with van der Waals surface area (Å²) in [6.07, 6.45) is 5.15. The predicted molar refractivity (Wildman–Crippen MR) is 66.0 cm³/mol. The van der Waals surface area contributed by atoms with Crippen LogP contribution >= 0.6 is 0 Å². The first kappa shape index (κ1) is 12.9. The monoisotopic (exact) mass is 213 g/mol. The van der Waals surface area contributed by atoms with E-state index in [4.69, 9.17) is 5.73 Å². The maximum Gasteiger partial charge on any atom is -0.000664 e. The normalized spacial score (nSPS) is 19.6. The van der Waals surface area contributed by atoms with E-state index >= 15 is 0 Å². The molecule has 1 aliphatic rings. The molecule has 3 nitrogen and oxygen atoms in total. The van der Waals surface area contributed by atoms with Crippen molar-refractivity contribution in [3.05, 3.63) is 0 Å². The van der Waals surface area contributed by atoms with Gasteiger partial charge >= 0.3 is 0 Å². The van der Waals surface area contributed by atoms with E-state index in [-0.39, 0.29) is 0 Å². The molecule has 15 heavy (non-hydrogen) atoms. The first-order valence-electron chi connectivity index (χ1n) is 6.46. The highest BCUT2D eigenvalue weighted by molar-refractivity contribution is 4.69. The lowest BCUT2D eigenvalue weighted by atomic mass is 9.99. The summed E-state index contributed by atoms with van der Waals surface area (Å²) in [7, 11) is 0. The van der Waals surface area contributed by atoms with Crippen molar-refractivity contribution < 1.29 is 0 Å². The van der Waals surface area contributed by atoms with E-state index in [1.165, 1.54) is 38.9 Å². The van der Waals surface area contributed by atoms with Gasteiger partial charge in [-0.15, -0.1) is 0 Å². The van der Waals surface area contributed by atoms with Crippen molar-refractivity contribution in [3.8, 4) is 0 Å². The smallest absolute Gasteiger partial charge is 0.000664 e. The fraction of sp³-hybridized carbons (Fsp3) is 1.00. The van der Waals surface area contributed by atoms with Gasteiger partial charge in [0.2, 0.25) is 0 Å². The molecule has 90 valence electrons. The number of piperidine rings is 1. The maximum atomic E-state index is 5.42. The van der Waals surface area contributed by atoms with Crippen LogP contribution in [0.5, 0.6) is 0 Å². The molecule has 0 aromatic rings. The predicted octanol–water partition coefficient (Wildman–Crippen LogP) is 1.05. The Morgan fingerprint density at radius 2 is 1.87 bits per heavy atom. The lowest BCUT2D eigenvalue weighted by Crippen LogP contribution is -2.34. The largest absolute Gasteiger partial charge is 0.330 e. The third kappa shape index (κ3) is 6.13. The Morgan fingerprint density at radius 3 is 2.53 bits per heavy atom. The van der Waals surface area contributed by atoms with Crippen molar-refractivity contribution in [1.29, 1.82) is 0 Å². The van der Waals surface area contributed by atoms with Gasteiger partial charge in [0.05, 0.1) is 0 Å². The molecule has 0 aromatic carbocycles. The molecular weight excluding hydrogens is 186 g/mol. The average molecular weight is 213 g/mol. The third-order valence-electron chi connectivity index (χ3n) is 3.26.